The quantitative estimate of drug-likeness (QED) is 0.901. The number of halogens is 1. The summed E-state index contributed by atoms with van der Waals surface area (Å²) in [6.07, 6.45) is 0. The molecule has 0 aliphatic carbocycles. The summed E-state index contributed by atoms with van der Waals surface area (Å²) in [6.45, 7) is 2.36. The minimum Gasteiger partial charge on any atom is -0.347 e. The van der Waals surface area contributed by atoms with E-state index in [1.807, 2.05) is 6.07 Å². The van der Waals surface area contributed by atoms with E-state index in [1.165, 1.54) is 22.7 Å². The molecule has 1 aromatic heterocycles. The van der Waals surface area contributed by atoms with Crippen molar-refractivity contribution in [1.29, 1.82) is 0 Å². The normalized spacial score (nSPS) is 12.6. The fraction of sp³-hybridized carbons (Fsp3) is 0.250. The van der Waals surface area contributed by atoms with Crippen LogP contribution >= 0.6 is 23.9 Å². The van der Waals surface area contributed by atoms with Crippen LogP contribution in [-0.2, 0) is 19.6 Å². The Morgan fingerprint density at radius 3 is 3.00 bits per heavy atom. The van der Waals surface area contributed by atoms with E-state index in [-0.39, 0.29) is 18.3 Å². The average molecular weight is 297 g/mol. The molecule has 1 aliphatic heterocycles. The second-order valence-electron chi connectivity index (χ2n) is 4.18. The summed E-state index contributed by atoms with van der Waals surface area (Å²) in [5.74, 6) is -0.178. The molecule has 0 atom stereocenters. The molecule has 2 aromatic rings. The number of nitrogens with zero attached hydrogens (tertiary/aromatic N) is 2. The Kier molecular flexibility index (Phi) is 4.47. The van der Waals surface area contributed by atoms with Crippen LogP contribution in [0.5, 0.6) is 0 Å². The average Bonchev–Trinajstić information content (AvgIpc) is 3.05. The molecule has 7 heteroatoms. The van der Waals surface area contributed by atoms with Crippen LogP contribution in [0.25, 0.3) is 0 Å². The fourth-order valence-corrected chi connectivity index (χ4v) is 2.43. The number of hydrogen-bond acceptors (Lipinski definition) is 5. The van der Waals surface area contributed by atoms with Crippen molar-refractivity contribution < 1.29 is 4.79 Å². The van der Waals surface area contributed by atoms with Crippen molar-refractivity contribution in [1.82, 2.24) is 20.2 Å². The Bertz CT molecular complexity index is 573. The molecule has 5 nitrogen and oxygen atoms in total. The predicted molar refractivity (Wildman–Crippen MR) is 75.3 cm³/mol. The first-order valence-electron chi connectivity index (χ1n) is 5.69. The number of nitrogens with one attached hydrogen (secondary N) is 2. The van der Waals surface area contributed by atoms with Crippen LogP contribution in [0.2, 0.25) is 0 Å². The van der Waals surface area contributed by atoms with Gasteiger partial charge in [0, 0.05) is 25.0 Å². The lowest BCUT2D eigenvalue weighted by atomic mass is 10.1. The maximum absolute atomic E-state index is 11.7. The van der Waals surface area contributed by atoms with Gasteiger partial charge < -0.3 is 10.6 Å². The summed E-state index contributed by atoms with van der Waals surface area (Å²) in [5.41, 5.74) is 4.14. The minimum absolute atomic E-state index is 0. The first kappa shape index (κ1) is 13.9. The lowest BCUT2D eigenvalue weighted by molar-refractivity contribution is 0.0946. The molecule has 0 saturated heterocycles. The zero-order valence-corrected chi connectivity index (χ0v) is 11.7. The molecule has 1 amide bonds. The molecule has 0 radical (unpaired) electrons. The second kappa shape index (κ2) is 6.10. The summed E-state index contributed by atoms with van der Waals surface area (Å²) < 4.78 is 3.67. The molecule has 100 valence electrons. The molecule has 2 N–H and O–H groups in total. The van der Waals surface area contributed by atoms with Gasteiger partial charge in [0.15, 0.2) is 5.69 Å². The second-order valence-corrected chi connectivity index (χ2v) is 4.79. The van der Waals surface area contributed by atoms with Crippen LogP contribution in [0, 0.1) is 0 Å². The molecular formula is C12H13ClN4OS. The van der Waals surface area contributed by atoms with E-state index in [0.29, 0.717) is 12.2 Å². The van der Waals surface area contributed by atoms with E-state index in [0.717, 1.165) is 18.7 Å². The molecule has 3 rings (SSSR count). The molecule has 1 aliphatic rings. The summed E-state index contributed by atoms with van der Waals surface area (Å²) in [6, 6.07) is 6.29. The van der Waals surface area contributed by atoms with Crippen molar-refractivity contribution in [2.45, 2.75) is 19.6 Å². The predicted octanol–water partition coefficient (Wildman–Crippen LogP) is 1.49. The third-order valence-corrected chi connectivity index (χ3v) is 3.45. The number of carbonyl (C=O) groups is 1. The van der Waals surface area contributed by atoms with Crippen LogP contribution in [0.1, 0.15) is 27.2 Å². The topological polar surface area (TPSA) is 66.9 Å². The van der Waals surface area contributed by atoms with Gasteiger partial charge in [-0.3, -0.25) is 4.79 Å². The zero-order chi connectivity index (χ0) is 12.4. The van der Waals surface area contributed by atoms with E-state index in [9.17, 15) is 4.79 Å². The van der Waals surface area contributed by atoms with E-state index in [4.69, 9.17) is 0 Å². The maximum atomic E-state index is 11.7. The highest BCUT2D eigenvalue weighted by Gasteiger charge is 2.11. The number of amides is 1. The van der Waals surface area contributed by atoms with Gasteiger partial charge in [-0.25, -0.2) is 0 Å². The molecular weight excluding hydrogens is 284 g/mol. The van der Waals surface area contributed by atoms with Gasteiger partial charge in [0.25, 0.3) is 5.91 Å². The molecule has 19 heavy (non-hydrogen) atoms. The third-order valence-electron chi connectivity index (χ3n) is 2.95. The molecule has 0 unspecified atom stereocenters. The molecule has 0 spiro atoms. The fourth-order valence-electron chi connectivity index (χ4n) is 1.99. The number of aromatic nitrogens is 2. The lowest BCUT2D eigenvalue weighted by Crippen LogP contribution is -2.23. The minimum atomic E-state index is -0.178. The zero-order valence-electron chi connectivity index (χ0n) is 10.0. The van der Waals surface area contributed by atoms with Crippen molar-refractivity contribution in [2.75, 3.05) is 0 Å². The Morgan fingerprint density at radius 1 is 1.37 bits per heavy atom. The Morgan fingerprint density at radius 2 is 2.21 bits per heavy atom. The maximum Gasteiger partial charge on any atom is 0.273 e. The highest BCUT2D eigenvalue weighted by Crippen LogP contribution is 2.16. The van der Waals surface area contributed by atoms with E-state index in [1.54, 1.807) is 5.38 Å². The van der Waals surface area contributed by atoms with E-state index < -0.39 is 0 Å². The molecule has 1 aromatic carbocycles. The van der Waals surface area contributed by atoms with Crippen LogP contribution in [-0.4, -0.2) is 15.5 Å². The van der Waals surface area contributed by atoms with Gasteiger partial charge in [0.05, 0.1) is 0 Å². The molecule has 0 bridgehead atoms. The van der Waals surface area contributed by atoms with Gasteiger partial charge in [-0.15, -0.1) is 17.5 Å². The lowest BCUT2D eigenvalue weighted by Gasteiger charge is -2.05. The summed E-state index contributed by atoms with van der Waals surface area (Å²) in [4.78, 5) is 11.7. The smallest absolute Gasteiger partial charge is 0.273 e. The number of benzene rings is 1. The van der Waals surface area contributed by atoms with E-state index in [2.05, 4.69) is 32.4 Å². The Balaban J connectivity index is 0.00000133. The summed E-state index contributed by atoms with van der Waals surface area (Å²) in [5, 5.41) is 11.5. The largest absolute Gasteiger partial charge is 0.347 e. The SMILES string of the molecule is Cl.O=C(NCc1ccc2c(c1)CNC2)c1csnn1. The number of fused-ring (bicyclic) bond motifs is 1. The molecule has 0 fully saturated rings. The van der Waals surface area contributed by atoms with Gasteiger partial charge >= 0.3 is 0 Å². The number of rotatable bonds is 3. The summed E-state index contributed by atoms with van der Waals surface area (Å²) in [7, 11) is 0. The van der Waals surface area contributed by atoms with Gasteiger partial charge in [0.2, 0.25) is 0 Å². The van der Waals surface area contributed by atoms with Gasteiger partial charge in [-0.05, 0) is 28.2 Å². The van der Waals surface area contributed by atoms with Crippen LogP contribution in [0.3, 0.4) is 0 Å². The summed E-state index contributed by atoms with van der Waals surface area (Å²) >= 11 is 1.18. The molecule has 0 saturated carbocycles. The van der Waals surface area contributed by atoms with Crippen molar-refractivity contribution in [2.24, 2.45) is 0 Å². The van der Waals surface area contributed by atoms with Crippen molar-refractivity contribution in [3.63, 3.8) is 0 Å². The van der Waals surface area contributed by atoms with E-state index >= 15 is 0 Å². The highest BCUT2D eigenvalue weighted by atomic mass is 35.5. The molecule has 2 heterocycles. The third kappa shape index (κ3) is 3.09. The van der Waals surface area contributed by atoms with Gasteiger partial charge in [-0.1, -0.05) is 22.7 Å². The Hall–Kier alpha value is -1.50. The monoisotopic (exact) mass is 296 g/mol. The van der Waals surface area contributed by atoms with Crippen molar-refractivity contribution in [3.05, 3.63) is 46.0 Å². The Labute approximate surface area is 121 Å². The van der Waals surface area contributed by atoms with Crippen LogP contribution < -0.4 is 10.6 Å². The standard InChI is InChI=1S/C12H12N4OS.ClH/c17-12(11-7-18-16-15-11)14-4-8-1-2-9-5-13-6-10(9)3-8;/h1-3,7,13H,4-6H2,(H,14,17);1H. The van der Waals surface area contributed by atoms with Gasteiger partial charge in [0.1, 0.15) is 0 Å². The van der Waals surface area contributed by atoms with Crippen molar-refractivity contribution in [3.8, 4) is 0 Å². The number of carbonyl (C=O) groups excluding carboxylic acids is 1. The van der Waals surface area contributed by atoms with Gasteiger partial charge in [-0.2, -0.15) is 0 Å². The van der Waals surface area contributed by atoms with Crippen LogP contribution in [0.4, 0.5) is 0 Å². The first-order chi connectivity index (χ1) is 8.83. The van der Waals surface area contributed by atoms with Crippen LogP contribution in [0.15, 0.2) is 23.6 Å². The first-order valence-corrected chi connectivity index (χ1v) is 6.53. The van der Waals surface area contributed by atoms with Crippen molar-refractivity contribution >= 4 is 29.8 Å². The highest BCUT2D eigenvalue weighted by molar-refractivity contribution is 7.03. The number of hydrogen-bond donors (Lipinski definition) is 2.